The van der Waals surface area contributed by atoms with E-state index >= 15 is 0 Å². The molecule has 128 valence electrons. The lowest BCUT2D eigenvalue weighted by molar-refractivity contribution is -0.0883. The summed E-state index contributed by atoms with van der Waals surface area (Å²) in [5.41, 5.74) is 1.75. The van der Waals surface area contributed by atoms with Gasteiger partial charge in [-0.3, -0.25) is 0 Å². The van der Waals surface area contributed by atoms with Gasteiger partial charge in [0.15, 0.2) is 0 Å². The lowest BCUT2D eigenvalue weighted by Gasteiger charge is -2.44. The van der Waals surface area contributed by atoms with Crippen molar-refractivity contribution >= 4 is 10.0 Å². The Bertz CT molecular complexity index is 673. The molecule has 1 aliphatic carbocycles. The molecule has 0 radical (unpaired) electrons. The monoisotopic (exact) mass is 339 g/mol. The van der Waals surface area contributed by atoms with E-state index in [4.69, 9.17) is 9.47 Å². The van der Waals surface area contributed by atoms with E-state index in [-0.39, 0.29) is 18.2 Å². The van der Waals surface area contributed by atoms with Gasteiger partial charge in [-0.05, 0) is 50.3 Å². The number of methoxy groups -OCH3 is 1. The molecular weight excluding hydrogens is 314 g/mol. The van der Waals surface area contributed by atoms with Crippen molar-refractivity contribution < 1.29 is 17.9 Å². The van der Waals surface area contributed by atoms with E-state index in [1.165, 1.54) is 0 Å². The van der Waals surface area contributed by atoms with Crippen molar-refractivity contribution in [3.63, 3.8) is 0 Å². The first-order chi connectivity index (χ1) is 10.9. The summed E-state index contributed by atoms with van der Waals surface area (Å²) in [6.45, 7) is 4.64. The molecule has 1 aliphatic heterocycles. The number of nitrogens with zero attached hydrogens (tertiary/aromatic N) is 1. The lowest BCUT2D eigenvalue weighted by atomic mass is 9.89. The van der Waals surface area contributed by atoms with Crippen LogP contribution in [0.2, 0.25) is 0 Å². The topological polar surface area (TPSA) is 55.8 Å². The average molecular weight is 339 g/mol. The van der Waals surface area contributed by atoms with Crippen LogP contribution in [0.1, 0.15) is 30.4 Å². The number of morpholine rings is 1. The van der Waals surface area contributed by atoms with Crippen LogP contribution >= 0.6 is 0 Å². The first-order valence-corrected chi connectivity index (χ1v) is 9.61. The molecule has 1 saturated carbocycles. The van der Waals surface area contributed by atoms with Crippen molar-refractivity contribution in [2.24, 2.45) is 0 Å². The molecule has 0 unspecified atom stereocenters. The predicted octanol–water partition coefficient (Wildman–Crippen LogP) is 2.26. The molecule has 6 heteroatoms. The van der Waals surface area contributed by atoms with Gasteiger partial charge in [0.25, 0.3) is 0 Å². The first kappa shape index (κ1) is 16.9. The number of sulfonamides is 1. The van der Waals surface area contributed by atoms with Crippen LogP contribution in [-0.2, 0) is 19.5 Å². The molecular formula is C17H25NO4S. The molecule has 0 amide bonds. The van der Waals surface area contributed by atoms with Crippen LogP contribution in [0.25, 0.3) is 0 Å². The van der Waals surface area contributed by atoms with Crippen molar-refractivity contribution in [3.05, 3.63) is 29.3 Å². The summed E-state index contributed by atoms with van der Waals surface area (Å²) >= 11 is 0. The summed E-state index contributed by atoms with van der Waals surface area (Å²) in [5.74, 6) is 0. The number of ether oxygens (including phenoxy) is 2. The van der Waals surface area contributed by atoms with Crippen LogP contribution in [0.15, 0.2) is 23.1 Å². The van der Waals surface area contributed by atoms with E-state index in [2.05, 4.69) is 0 Å². The van der Waals surface area contributed by atoms with Gasteiger partial charge < -0.3 is 9.47 Å². The molecule has 0 bridgehead atoms. The molecule has 3 rings (SSSR count). The van der Waals surface area contributed by atoms with Crippen LogP contribution in [0, 0.1) is 13.8 Å². The van der Waals surface area contributed by atoms with Gasteiger partial charge >= 0.3 is 0 Å². The molecule has 1 aromatic rings. The van der Waals surface area contributed by atoms with Crippen molar-refractivity contribution in [3.8, 4) is 0 Å². The predicted molar refractivity (Wildman–Crippen MR) is 88.0 cm³/mol. The molecule has 3 atom stereocenters. The minimum Gasteiger partial charge on any atom is -0.381 e. The summed E-state index contributed by atoms with van der Waals surface area (Å²) in [5, 5.41) is 0. The number of fused-ring (bicyclic) bond motifs is 1. The second kappa shape index (κ2) is 6.51. The van der Waals surface area contributed by atoms with Crippen molar-refractivity contribution in [2.75, 3.05) is 20.3 Å². The van der Waals surface area contributed by atoms with Gasteiger partial charge in [0.05, 0.1) is 29.8 Å². The minimum absolute atomic E-state index is 0.0185. The van der Waals surface area contributed by atoms with Gasteiger partial charge in [0.1, 0.15) is 0 Å². The van der Waals surface area contributed by atoms with E-state index in [0.717, 1.165) is 24.0 Å². The number of rotatable bonds is 3. The van der Waals surface area contributed by atoms with Crippen molar-refractivity contribution in [1.29, 1.82) is 0 Å². The maximum absolute atomic E-state index is 13.2. The minimum atomic E-state index is -3.52. The highest BCUT2D eigenvalue weighted by molar-refractivity contribution is 7.89. The largest absolute Gasteiger partial charge is 0.381 e. The Hall–Kier alpha value is -0.950. The maximum Gasteiger partial charge on any atom is 0.243 e. The molecule has 23 heavy (non-hydrogen) atoms. The zero-order valence-electron chi connectivity index (χ0n) is 14.0. The molecule has 2 aliphatic rings. The Morgan fingerprint density at radius 3 is 2.78 bits per heavy atom. The third-order valence-corrected chi connectivity index (χ3v) is 7.05. The summed E-state index contributed by atoms with van der Waals surface area (Å²) in [7, 11) is -1.83. The van der Waals surface area contributed by atoms with Gasteiger partial charge in [-0.15, -0.1) is 0 Å². The second-order valence-corrected chi connectivity index (χ2v) is 8.39. The third kappa shape index (κ3) is 3.18. The van der Waals surface area contributed by atoms with E-state index in [9.17, 15) is 8.42 Å². The summed E-state index contributed by atoms with van der Waals surface area (Å²) in [6.07, 6.45) is 2.56. The van der Waals surface area contributed by atoms with E-state index in [1.54, 1.807) is 17.5 Å². The Balaban J connectivity index is 1.96. The van der Waals surface area contributed by atoms with Crippen LogP contribution in [0.3, 0.4) is 0 Å². The summed E-state index contributed by atoms with van der Waals surface area (Å²) in [4.78, 5) is 0.415. The zero-order chi connectivity index (χ0) is 16.6. The van der Waals surface area contributed by atoms with E-state index < -0.39 is 10.0 Å². The highest BCUT2D eigenvalue weighted by atomic mass is 32.2. The fourth-order valence-electron chi connectivity index (χ4n) is 3.66. The molecule has 1 heterocycles. The molecule has 0 N–H and O–H groups in total. The molecule has 1 aromatic carbocycles. The summed E-state index contributed by atoms with van der Waals surface area (Å²) in [6, 6.07) is 5.45. The maximum atomic E-state index is 13.2. The third-order valence-electron chi connectivity index (χ3n) is 4.98. The Labute approximate surface area is 138 Å². The fourth-order valence-corrected chi connectivity index (χ4v) is 5.62. The highest BCUT2D eigenvalue weighted by Crippen LogP contribution is 2.34. The lowest BCUT2D eigenvalue weighted by Crippen LogP contribution is -2.56. The fraction of sp³-hybridized carbons (Fsp3) is 0.647. The van der Waals surface area contributed by atoms with Crippen molar-refractivity contribution in [2.45, 2.75) is 56.3 Å². The number of hydrogen-bond donors (Lipinski definition) is 0. The standard InChI is InChI=1S/C17H25NO4S/c1-12-4-5-13(2)17(10-12)23(19,20)18-8-9-22-16-7-6-14(21-3)11-15(16)18/h4-5,10,14-16H,6-9,11H2,1-3H3/t14-,15-,16-/m1/s1. The van der Waals surface area contributed by atoms with Crippen LogP contribution in [0.4, 0.5) is 0 Å². The second-order valence-electron chi connectivity index (χ2n) is 6.53. The quantitative estimate of drug-likeness (QED) is 0.848. The highest BCUT2D eigenvalue weighted by Gasteiger charge is 2.43. The Morgan fingerprint density at radius 2 is 2.04 bits per heavy atom. The molecule has 0 aromatic heterocycles. The van der Waals surface area contributed by atoms with Gasteiger partial charge in [-0.1, -0.05) is 12.1 Å². The van der Waals surface area contributed by atoms with Gasteiger partial charge in [0, 0.05) is 13.7 Å². The average Bonchev–Trinajstić information content (AvgIpc) is 2.55. The number of benzene rings is 1. The molecule has 5 nitrogen and oxygen atoms in total. The normalized spacial score (nSPS) is 29.3. The Morgan fingerprint density at radius 1 is 1.26 bits per heavy atom. The number of hydrogen-bond acceptors (Lipinski definition) is 4. The zero-order valence-corrected chi connectivity index (χ0v) is 14.8. The molecule has 2 fully saturated rings. The Kier molecular flexibility index (Phi) is 4.78. The number of aryl methyl sites for hydroxylation is 2. The van der Waals surface area contributed by atoms with Crippen LogP contribution in [-0.4, -0.2) is 51.2 Å². The molecule has 1 saturated heterocycles. The van der Waals surface area contributed by atoms with Crippen LogP contribution in [0.5, 0.6) is 0 Å². The SMILES string of the molecule is CO[C@@H]1CC[C@H]2OCCN(S(=O)(=O)c3cc(C)ccc3C)[C@@H]2C1. The van der Waals surface area contributed by atoms with Gasteiger partial charge in [0.2, 0.25) is 10.0 Å². The van der Waals surface area contributed by atoms with Gasteiger partial charge in [-0.2, -0.15) is 4.31 Å². The van der Waals surface area contributed by atoms with Crippen molar-refractivity contribution in [1.82, 2.24) is 4.31 Å². The van der Waals surface area contributed by atoms with Crippen LogP contribution < -0.4 is 0 Å². The van der Waals surface area contributed by atoms with E-state index in [0.29, 0.717) is 24.5 Å². The first-order valence-electron chi connectivity index (χ1n) is 8.17. The summed E-state index contributed by atoms with van der Waals surface area (Å²) < 4.78 is 39.4. The smallest absolute Gasteiger partial charge is 0.243 e. The molecule has 0 spiro atoms. The van der Waals surface area contributed by atoms with Gasteiger partial charge in [-0.25, -0.2) is 8.42 Å². The van der Waals surface area contributed by atoms with E-state index in [1.807, 2.05) is 26.0 Å².